The number of benzene rings is 1. The molecular weight excluding hydrogens is 346 g/mol. The summed E-state index contributed by atoms with van der Waals surface area (Å²) in [6.45, 7) is 6.50. The Kier molecular flexibility index (Phi) is 6.74. The molecule has 1 amide bonds. The molecule has 5 nitrogen and oxygen atoms in total. The summed E-state index contributed by atoms with van der Waals surface area (Å²) in [5.74, 6) is 0.885. The summed E-state index contributed by atoms with van der Waals surface area (Å²) in [4.78, 5) is 16.7. The molecule has 0 spiro atoms. The first-order valence-electron chi connectivity index (χ1n) is 9.25. The van der Waals surface area contributed by atoms with Gasteiger partial charge in [0.05, 0.1) is 30.3 Å². The Bertz CT molecular complexity index is 709. The molecule has 6 heteroatoms. The lowest BCUT2D eigenvalue weighted by Crippen LogP contribution is -2.29. The molecule has 0 aliphatic carbocycles. The number of aromatic nitrogens is 2. The summed E-state index contributed by atoms with van der Waals surface area (Å²) in [5.41, 5.74) is 2.21. The zero-order chi connectivity index (χ0) is 18.4. The molecule has 1 aromatic heterocycles. The summed E-state index contributed by atoms with van der Waals surface area (Å²) in [6, 6.07) is 10.3. The van der Waals surface area contributed by atoms with Gasteiger partial charge in [0.1, 0.15) is 0 Å². The quantitative estimate of drug-likeness (QED) is 0.719. The third-order valence-electron chi connectivity index (χ3n) is 4.34. The van der Waals surface area contributed by atoms with Gasteiger partial charge in [-0.05, 0) is 24.3 Å². The molecule has 0 radical (unpaired) electrons. The van der Waals surface area contributed by atoms with Crippen molar-refractivity contribution in [3.8, 4) is 11.3 Å². The number of nitrogens with one attached hydrogen (secondary N) is 1. The SMILES string of the molecule is CC(C)CNC(=O)CSc1ncc(-c2ccccc2)n1C[C@H]1CCCO1. The van der Waals surface area contributed by atoms with Crippen LogP contribution in [0.25, 0.3) is 11.3 Å². The van der Waals surface area contributed by atoms with Crippen molar-refractivity contribution in [2.45, 2.75) is 44.5 Å². The molecule has 2 aromatic rings. The van der Waals surface area contributed by atoms with Gasteiger partial charge >= 0.3 is 0 Å². The molecule has 0 unspecified atom stereocenters. The van der Waals surface area contributed by atoms with Gasteiger partial charge in [-0.3, -0.25) is 4.79 Å². The molecule has 1 aliphatic rings. The first kappa shape index (κ1) is 19.0. The predicted octanol–water partition coefficient (Wildman–Crippen LogP) is 3.59. The molecule has 0 saturated carbocycles. The summed E-state index contributed by atoms with van der Waals surface area (Å²) in [6.07, 6.45) is 4.31. The summed E-state index contributed by atoms with van der Waals surface area (Å²) >= 11 is 1.49. The number of carbonyl (C=O) groups excluding carboxylic acids is 1. The van der Waals surface area contributed by atoms with E-state index in [1.165, 1.54) is 11.8 Å². The Morgan fingerprint density at radius 1 is 1.38 bits per heavy atom. The lowest BCUT2D eigenvalue weighted by molar-refractivity contribution is -0.118. The van der Waals surface area contributed by atoms with Crippen LogP contribution >= 0.6 is 11.8 Å². The maximum Gasteiger partial charge on any atom is 0.230 e. The zero-order valence-corrected chi connectivity index (χ0v) is 16.3. The standard InChI is InChI=1S/C20H27N3O2S/c1-15(2)11-21-19(24)14-26-20-22-12-18(16-7-4-3-5-8-16)23(20)13-17-9-6-10-25-17/h3-5,7-8,12,15,17H,6,9-11,13-14H2,1-2H3,(H,21,24)/t17-/m1/s1. The van der Waals surface area contributed by atoms with Gasteiger partial charge in [-0.25, -0.2) is 4.98 Å². The minimum absolute atomic E-state index is 0.0524. The fourth-order valence-electron chi connectivity index (χ4n) is 2.98. The smallest absolute Gasteiger partial charge is 0.230 e. The van der Waals surface area contributed by atoms with Crippen molar-refractivity contribution in [1.82, 2.24) is 14.9 Å². The Balaban J connectivity index is 1.73. The van der Waals surface area contributed by atoms with Crippen LogP contribution in [-0.4, -0.2) is 40.5 Å². The number of thioether (sulfide) groups is 1. The Morgan fingerprint density at radius 2 is 2.19 bits per heavy atom. The number of carbonyl (C=O) groups is 1. The van der Waals surface area contributed by atoms with Crippen molar-refractivity contribution >= 4 is 17.7 Å². The van der Waals surface area contributed by atoms with E-state index in [1.54, 1.807) is 0 Å². The highest BCUT2D eigenvalue weighted by atomic mass is 32.2. The van der Waals surface area contributed by atoms with E-state index in [2.05, 4.69) is 40.8 Å². The lowest BCUT2D eigenvalue weighted by atomic mass is 10.1. The number of amides is 1. The van der Waals surface area contributed by atoms with Gasteiger partial charge in [0.2, 0.25) is 5.91 Å². The van der Waals surface area contributed by atoms with Gasteiger partial charge in [0.15, 0.2) is 5.16 Å². The van der Waals surface area contributed by atoms with Gasteiger partial charge in [-0.2, -0.15) is 0 Å². The largest absolute Gasteiger partial charge is 0.376 e. The number of nitrogens with zero attached hydrogens (tertiary/aromatic N) is 2. The monoisotopic (exact) mass is 373 g/mol. The number of hydrogen-bond donors (Lipinski definition) is 1. The number of ether oxygens (including phenoxy) is 1. The predicted molar refractivity (Wildman–Crippen MR) is 105 cm³/mol. The average molecular weight is 374 g/mol. The molecule has 1 atom stereocenters. The van der Waals surface area contributed by atoms with Gasteiger partial charge < -0.3 is 14.6 Å². The Labute approximate surface area is 159 Å². The fraction of sp³-hybridized carbons (Fsp3) is 0.500. The first-order chi connectivity index (χ1) is 12.6. The molecule has 1 fully saturated rings. The second-order valence-electron chi connectivity index (χ2n) is 7.02. The Morgan fingerprint density at radius 3 is 2.88 bits per heavy atom. The van der Waals surface area contributed by atoms with Crippen molar-refractivity contribution in [3.05, 3.63) is 36.5 Å². The lowest BCUT2D eigenvalue weighted by Gasteiger charge is -2.16. The third kappa shape index (κ3) is 5.11. The van der Waals surface area contributed by atoms with Crippen LogP contribution in [0.15, 0.2) is 41.7 Å². The van der Waals surface area contributed by atoms with Crippen LogP contribution in [0, 0.1) is 5.92 Å². The minimum Gasteiger partial charge on any atom is -0.376 e. The Hall–Kier alpha value is -1.79. The minimum atomic E-state index is 0.0524. The highest BCUT2D eigenvalue weighted by Gasteiger charge is 2.21. The summed E-state index contributed by atoms with van der Waals surface area (Å²) in [7, 11) is 0. The molecule has 1 saturated heterocycles. The van der Waals surface area contributed by atoms with Gasteiger partial charge in [0, 0.05) is 13.2 Å². The van der Waals surface area contributed by atoms with Crippen molar-refractivity contribution < 1.29 is 9.53 Å². The van der Waals surface area contributed by atoms with Crippen LogP contribution in [0.3, 0.4) is 0 Å². The average Bonchev–Trinajstić information content (AvgIpc) is 3.29. The van der Waals surface area contributed by atoms with E-state index in [0.717, 1.165) is 42.4 Å². The third-order valence-corrected chi connectivity index (χ3v) is 5.33. The van der Waals surface area contributed by atoms with E-state index in [-0.39, 0.29) is 12.0 Å². The highest BCUT2D eigenvalue weighted by molar-refractivity contribution is 7.99. The molecule has 0 bridgehead atoms. The van der Waals surface area contributed by atoms with Gasteiger partial charge in [-0.15, -0.1) is 0 Å². The molecule has 2 heterocycles. The van der Waals surface area contributed by atoms with Crippen LogP contribution in [-0.2, 0) is 16.1 Å². The summed E-state index contributed by atoms with van der Waals surface area (Å²) in [5, 5.41) is 3.84. The molecular formula is C20H27N3O2S. The van der Waals surface area contributed by atoms with Crippen molar-refractivity contribution in [3.63, 3.8) is 0 Å². The second kappa shape index (κ2) is 9.24. The first-order valence-corrected chi connectivity index (χ1v) is 10.2. The van der Waals surface area contributed by atoms with E-state index < -0.39 is 0 Å². The van der Waals surface area contributed by atoms with Crippen LogP contribution in [0.2, 0.25) is 0 Å². The van der Waals surface area contributed by atoms with Crippen molar-refractivity contribution in [2.24, 2.45) is 5.92 Å². The van der Waals surface area contributed by atoms with Gasteiger partial charge in [0.25, 0.3) is 0 Å². The molecule has 1 aromatic carbocycles. The van der Waals surface area contributed by atoms with Crippen LogP contribution in [0.1, 0.15) is 26.7 Å². The van der Waals surface area contributed by atoms with Crippen molar-refractivity contribution in [1.29, 1.82) is 0 Å². The molecule has 3 rings (SSSR count). The van der Waals surface area contributed by atoms with Crippen molar-refractivity contribution in [2.75, 3.05) is 18.9 Å². The normalized spacial score (nSPS) is 17.0. The van der Waals surface area contributed by atoms with Crippen LogP contribution in [0.4, 0.5) is 0 Å². The van der Waals surface area contributed by atoms with Gasteiger partial charge in [-0.1, -0.05) is 55.9 Å². The molecule has 26 heavy (non-hydrogen) atoms. The number of imidazole rings is 1. The topological polar surface area (TPSA) is 56.2 Å². The number of rotatable bonds is 8. The van der Waals surface area contributed by atoms with Crippen LogP contribution in [0.5, 0.6) is 0 Å². The summed E-state index contributed by atoms with van der Waals surface area (Å²) < 4.78 is 8.03. The zero-order valence-electron chi connectivity index (χ0n) is 15.5. The van der Waals surface area contributed by atoms with E-state index in [4.69, 9.17) is 4.74 Å². The number of hydrogen-bond acceptors (Lipinski definition) is 4. The van der Waals surface area contributed by atoms with Crippen LogP contribution < -0.4 is 5.32 Å². The highest BCUT2D eigenvalue weighted by Crippen LogP contribution is 2.28. The van der Waals surface area contributed by atoms with E-state index in [9.17, 15) is 4.79 Å². The molecule has 1 N–H and O–H groups in total. The molecule has 1 aliphatic heterocycles. The maximum atomic E-state index is 12.1. The maximum absolute atomic E-state index is 12.1. The fourth-order valence-corrected chi connectivity index (χ4v) is 3.80. The van der Waals surface area contributed by atoms with E-state index in [1.807, 2.05) is 24.4 Å². The molecule has 140 valence electrons. The van der Waals surface area contributed by atoms with E-state index >= 15 is 0 Å². The second-order valence-corrected chi connectivity index (χ2v) is 7.97. The van der Waals surface area contributed by atoms with E-state index in [0.29, 0.717) is 18.2 Å².